The van der Waals surface area contributed by atoms with Gasteiger partial charge in [0.25, 0.3) is 5.91 Å². The lowest BCUT2D eigenvalue weighted by atomic mass is 10.2. The summed E-state index contributed by atoms with van der Waals surface area (Å²) in [7, 11) is 3.33. The van der Waals surface area contributed by atoms with Crippen molar-refractivity contribution in [3.63, 3.8) is 0 Å². The van der Waals surface area contributed by atoms with Gasteiger partial charge < -0.3 is 19.6 Å². The molecule has 2 aromatic rings. The highest BCUT2D eigenvalue weighted by Gasteiger charge is 2.31. The van der Waals surface area contributed by atoms with Crippen LogP contribution in [0.1, 0.15) is 10.5 Å². The van der Waals surface area contributed by atoms with Crippen LogP contribution in [0.3, 0.4) is 0 Å². The van der Waals surface area contributed by atoms with Crippen molar-refractivity contribution in [3.05, 3.63) is 30.0 Å². The van der Waals surface area contributed by atoms with E-state index in [0.29, 0.717) is 18.8 Å². The average Bonchev–Trinajstić information content (AvgIpc) is 2.86. The lowest BCUT2D eigenvalue weighted by molar-refractivity contribution is -0.131. The molecule has 2 heterocycles. The highest BCUT2D eigenvalue weighted by Crippen LogP contribution is 2.20. The first kappa shape index (κ1) is 17.4. The van der Waals surface area contributed by atoms with E-state index in [1.54, 1.807) is 18.8 Å². The molecule has 1 N–H and O–H groups in total. The number of β-amino-alcohol motifs (C(OH)–C–C–N with tert-alkyl or cyclic N) is 1. The van der Waals surface area contributed by atoms with Gasteiger partial charge in [-0.25, -0.2) is 0 Å². The molecule has 134 valence electrons. The minimum atomic E-state index is -0.803. The molecule has 8 nitrogen and oxygen atoms in total. The molecule has 1 fully saturated rings. The Morgan fingerprint density at radius 3 is 2.88 bits per heavy atom. The Bertz CT molecular complexity index is 788. The van der Waals surface area contributed by atoms with Crippen LogP contribution in [0.25, 0.3) is 10.9 Å². The van der Waals surface area contributed by atoms with Crippen LogP contribution in [0.15, 0.2) is 24.3 Å². The van der Waals surface area contributed by atoms with Crippen LogP contribution in [-0.2, 0) is 16.6 Å². The maximum Gasteiger partial charge on any atom is 0.275 e. The third kappa shape index (κ3) is 3.49. The van der Waals surface area contributed by atoms with Crippen molar-refractivity contribution in [2.75, 3.05) is 39.9 Å². The summed E-state index contributed by atoms with van der Waals surface area (Å²) in [6.45, 7) is 0.983. The van der Waals surface area contributed by atoms with E-state index in [1.807, 2.05) is 24.3 Å². The maximum atomic E-state index is 12.9. The van der Waals surface area contributed by atoms with E-state index < -0.39 is 6.10 Å². The molecule has 1 unspecified atom stereocenters. The number of aliphatic hydroxyl groups is 1. The summed E-state index contributed by atoms with van der Waals surface area (Å²) in [5.74, 6) is -0.556. The van der Waals surface area contributed by atoms with Gasteiger partial charge in [0.15, 0.2) is 5.69 Å². The summed E-state index contributed by atoms with van der Waals surface area (Å²) in [5.41, 5.74) is 1.14. The molecule has 0 spiro atoms. The summed E-state index contributed by atoms with van der Waals surface area (Å²) in [5, 5.41) is 15.3. The maximum absolute atomic E-state index is 12.9. The zero-order valence-corrected chi connectivity index (χ0v) is 14.4. The summed E-state index contributed by atoms with van der Waals surface area (Å²) < 4.78 is 6.64. The van der Waals surface area contributed by atoms with Gasteiger partial charge in [0.05, 0.1) is 18.2 Å². The molecule has 1 saturated heterocycles. The molecule has 0 bridgehead atoms. The SMILES string of the molecule is COCCN1CC(O)CN(C(=O)c2nn(C)c3ccccc23)CC1=O. The molecule has 1 atom stereocenters. The fraction of sp³-hybridized carbons (Fsp3) is 0.471. The fourth-order valence-electron chi connectivity index (χ4n) is 3.09. The van der Waals surface area contributed by atoms with Crippen LogP contribution in [0.4, 0.5) is 0 Å². The first-order chi connectivity index (χ1) is 12.0. The molecule has 1 aliphatic rings. The minimum absolute atomic E-state index is 0.0789. The topological polar surface area (TPSA) is 87.9 Å². The van der Waals surface area contributed by atoms with Gasteiger partial charge in [-0.3, -0.25) is 14.3 Å². The Balaban J connectivity index is 1.85. The van der Waals surface area contributed by atoms with Crippen LogP contribution in [0, 0.1) is 0 Å². The largest absolute Gasteiger partial charge is 0.389 e. The second-order valence-electron chi connectivity index (χ2n) is 6.16. The zero-order chi connectivity index (χ0) is 18.0. The smallest absolute Gasteiger partial charge is 0.275 e. The van der Waals surface area contributed by atoms with Gasteiger partial charge >= 0.3 is 0 Å². The molecule has 8 heteroatoms. The van der Waals surface area contributed by atoms with Gasteiger partial charge in [0.1, 0.15) is 6.54 Å². The molecule has 0 aliphatic carbocycles. The first-order valence-corrected chi connectivity index (χ1v) is 8.17. The fourth-order valence-corrected chi connectivity index (χ4v) is 3.09. The number of hydrogen-bond donors (Lipinski definition) is 1. The van der Waals surface area contributed by atoms with E-state index >= 15 is 0 Å². The van der Waals surface area contributed by atoms with Crippen molar-refractivity contribution >= 4 is 22.7 Å². The number of nitrogens with zero attached hydrogens (tertiary/aromatic N) is 4. The molecule has 0 radical (unpaired) electrons. The Kier molecular flexibility index (Phi) is 5.00. The zero-order valence-electron chi connectivity index (χ0n) is 14.4. The Morgan fingerprint density at radius 2 is 2.12 bits per heavy atom. The molecular formula is C17H22N4O4. The molecule has 0 saturated carbocycles. The van der Waals surface area contributed by atoms with Crippen molar-refractivity contribution in [2.24, 2.45) is 7.05 Å². The van der Waals surface area contributed by atoms with Crippen LogP contribution in [0.2, 0.25) is 0 Å². The van der Waals surface area contributed by atoms with Crippen molar-refractivity contribution in [2.45, 2.75) is 6.10 Å². The van der Waals surface area contributed by atoms with Crippen LogP contribution in [-0.4, -0.2) is 82.5 Å². The predicted octanol–water partition coefficient (Wildman–Crippen LogP) is -0.135. The second kappa shape index (κ2) is 7.20. The Morgan fingerprint density at radius 1 is 1.36 bits per heavy atom. The number of aliphatic hydroxyl groups excluding tert-OH is 1. The van der Waals surface area contributed by atoms with Gasteiger partial charge in [-0.1, -0.05) is 18.2 Å². The number of ether oxygens (including phenoxy) is 1. The van der Waals surface area contributed by atoms with Crippen LogP contribution in [0.5, 0.6) is 0 Å². The first-order valence-electron chi connectivity index (χ1n) is 8.17. The van der Waals surface area contributed by atoms with E-state index in [2.05, 4.69) is 5.10 Å². The monoisotopic (exact) mass is 346 g/mol. The van der Waals surface area contributed by atoms with Gasteiger partial charge in [0.2, 0.25) is 5.91 Å². The van der Waals surface area contributed by atoms with E-state index in [9.17, 15) is 14.7 Å². The number of benzene rings is 1. The second-order valence-corrected chi connectivity index (χ2v) is 6.16. The number of amides is 2. The number of aromatic nitrogens is 2. The van der Waals surface area contributed by atoms with Crippen LogP contribution < -0.4 is 0 Å². The van der Waals surface area contributed by atoms with Crippen LogP contribution >= 0.6 is 0 Å². The molecule has 3 rings (SSSR count). The van der Waals surface area contributed by atoms with Gasteiger partial charge in [-0.05, 0) is 6.07 Å². The summed E-state index contributed by atoms with van der Waals surface area (Å²) in [4.78, 5) is 28.3. The number of hydrogen-bond acceptors (Lipinski definition) is 5. The van der Waals surface area contributed by atoms with E-state index in [4.69, 9.17) is 4.74 Å². The average molecular weight is 346 g/mol. The predicted molar refractivity (Wildman–Crippen MR) is 91.1 cm³/mol. The van der Waals surface area contributed by atoms with E-state index in [-0.39, 0.29) is 31.4 Å². The molecule has 1 aromatic carbocycles. The molecular weight excluding hydrogens is 324 g/mol. The normalized spacial score (nSPS) is 18.7. The lowest BCUT2D eigenvalue weighted by Gasteiger charge is -2.21. The third-order valence-electron chi connectivity index (χ3n) is 4.35. The number of fused-ring (bicyclic) bond motifs is 1. The Hall–Kier alpha value is -2.45. The van der Waals surface area contributed by atoms with Crippen molar-refractivity contribution in [1.82, 2.24) is 19.6 Å². The molecule has 1 aromatic heterocycles. The van der Waals surface area contributed by atoms with Gasteiger partial charge in [-0.2, -0.15) is 5.10 Å². The molecule has 1 aliphatic heterocycles. The summed E-state index contributed by atoms with van der Waals surface area (Å²) in [6.07, 6.45) is -0.803. The van der Waals surface area contributed by atoms with Crippen molar-refractivity contribution in [1.29, 1.82) is 0 Å². The number of rotatable bonds is 4. The standard InChI is InChI=1S/C17H22N4O4/c1-19-14-6-4-3-5-13(14)16(18-19)17(24)21-10-12(22)9-20(7-8-25-2)15(23)11-21/h3-6,12,22H,7-11H2,1-2H3. The quantitative estimate of drug-likeness (QED) is 0.833. The van der Waals surface area contributed by atoms with Crippen molar-refractivity contribution in [3.8, 4) is 0 Å². The number of methoxy groups -OCH3 is 1. The summed E-state index contributed by atoms with van der Waals surface area (Å²) in [6, 6.07) is 7.44. The van der Waals surface area contributed by atoms with Gasteiger partial charge in [0, 0.05) is 39.2 Å². The third-order valence-corrected chi connectivity index (χ3v) is 4.35. The highest BCUT2D eigenvalue weighted by atomic mass is 16.5. The number of aryl methyl sites for hydroxylation is 1. The minimum Gasteiger partial charge on any atom is -0.389 e. The van der Waals surface area contributed by atoms with Gasteiger partial charge in [-0.15, -0.1) is 0 Å². The number of para-hydroxylation sites is 1. The molecule has 2 amide bonds. The lowest BCUT2D eigenvalue weighted by Crippen LogP contribution is -2.40. The Labute approximate surface area is 145 Å². The van der Waals surface area contributed by atoms with E-state index in [0.717, 1.165) is 10.9 Å². The summed E-state index contributed by atoms with van der Waals surface area (Å²) >= 11 is 0. The highest BCUT2D eigenvalue weighted by molar-refractivity contribution is 6.05. The number of carbonyl (C=O) groups is 2. The number of carbonyl (C=O) groups excluding carboxylic acids is 2. The van der Waals surface area contributed by atoms with Crippen molar-refractivity contribution < 1.29 is 19.4 Å². The molecule has 25 heavy (non-hydrogen) atoms. The van der Waals surface area contributed by atoms with E-state index in [1.165, 1.54) is 9.80 Å².